The first-order valence-electron chi connectivity index (χ1n) is 14.3. The van der Waals surface area contributed by atoms with Gasteiger partial charge in [-0.05, 0) is 130 Å². The third-order valence-electron chi connectivity index (χ3n) is 12.2. The standard InChI is InChI=1S/C30H52N2/c1-19(2)23-13-16-32(6)28(23)17-20(3)25-9-10-26-24-8-7-21-18-22(31)11-14-29(21,4)27(24)12-15-30(25,26)5/h8,19-23,25-28H,7,9-18,31H2,1-6H3. The van der Waals surface area contributed by atoms with E-state index in [-0.39, 0.29) is 0 Å². The maximum absolute atomic E-state index is 6.41. The summed E-state index contributed by atoms with van der Waals surface area (Å²) in [4.78, 5) is 2.70. The van der Waals surface area contributed by atoms with Gasteiger partial charge in [0.1, 0.15) is 0 Å². The van der Waals surface area contributed by atoms with Crippen molar-refractivity contribution < 1.29 is 0 Å². The van der Waals surface area contributed by atoms with Crippen LogP contribution in [0.1, 0.15) is 98.8 Å². The fraction of sp³-hybridized carbons (Fsp3) is 0.933. The number of hydrogen-bond acceptors (Lipinski definition) is 2. The monoisotopic (exact) mass is 440 g/mol. The van der Waals surface area contributed by atoms with Crippen molar-refractivity contribution in [3.63, 3.8) is 0 Å². The molecule has 0 radical (unpaired) electrons. The first-order chi connectivity index (χ1) is 15.1. The smallest absolute Gasteiger partial charge is 0.0126 e. The van der Waals surface area contributed by atoms with Crippen LogP contribution in [0.3, 0.4) is 0 Å². The van der Waals surface area contributed by atoms with Crippen molar-refractivity contribution in [2.45, 2.75) is 111 Å². The van der Waals surface area contributed by atoms with E-state index in [4.69, 9.17) is 5.73 Å². The van der Waals surface area contributed by atoms with Crippen molar-refractivity contribution in [1.29, 1.82) is 0 Å². The van der Waals surface area contributed by atoms with E-state index >= 15 is 0 Å². The van der Waals surface area contributed by atoms with Gasteiger partial charge in [-0.15, -0.1) is 0 Å². The van der Waals surface area contributed by atoms with Gasteiger partial charge >= 0.3 is 0 Å². The molecule has 1 saturated heterocycles. The molecule has 1 heterocycles. The van der Waals surface area contributed by atoms with Crippen LogP contribution >= 0.6 is 0 Å². The number of nitrogens with zero attached hydrogens (tertiary/aromatic N) is 1. The van der Waals surface area contributed by atoms with Gasteiger partial charge < -0.3 is 10.6 Å². The first-order valence-corrected chi connectivity index (χ1v) is 14.3. The van der Waals surface area contributed by atoms with Crippen molar-refractivity contribution >= 4 is 0 Å². The molecule has 0 aromatic heterocycles. The maximum Gasteiger partial charge on any atom is 0.0126 e. The van der Waals surface area contributed by atoms with E-state index in [9.17, 15) is 0 Å². The molecule has 3 saturated carbocycles. The zero-order chi connectivity index (χ0) is 22.8. The summed E-state index contributed by atoms with van der Waals surface area (Å²) < 4.78 is 0. The number of fused-ring (bicyclic) bond motifs is 5. The highest BCUT2D eigenvalue weighted by Gasteiger charge is 2.58. The largest absolute Gasteiger partial charge is 0.328 e. The molecule has 1 aliphatic heterocycles. The van der Waals surface area contributed by atoms with E-state index < -0.39 is 0 Å². The predicted molar refractivity (Wildman–Crippen MR) is 136 cm³/mol. The lowest BCUT2D eigenvalue weighted by molar-refractivity contribution is -0.0135. The summed E-state index contributed by atoms with van der Waals surface area (Å²) in [7, 11) is 2.39. The summed E-state index contributed by atoms with van der Waals surface area (Å²) in [5.41, 5.74) is 9.40. The van der Waals surface area contributed by atoms with Crippen molar-refractivity contribution in [3.8, 4) is 0 Å². The quantitative estimate of drug-likeness (QED) is 0.482. The lowest BCUT2D eigenvalue weighted by Crippen LogP contribution is -2.51. The van der Waals surface area contributed by atoms with E-state index in [0.717, 1.165) is 47.5 Å². The van der Waals surface area contributed by atoms with Crippen LogP contribution in [0.5, 0.6) is 0 Å². The maximum atomic E-state index is 6.41. The second kappa shape index (κ2) is 8.40. The Kier molecular flexibility index (Phi) is 6.14. The van der Waals surface area contributed by atoms with Crippen LogP contribution in [0, 0.1) is 52.3 Å². The van der Waals surface area contributed by atoms with Crippen LogP contribution in [-0.2, 0) is 0 Å². The highest BCUT2D eigenvalue weighted by Crippen LogP contribution is 2.67. The topological polar surface area (TPSA) is 29.3 Å². The van der Waals surface area contributed by atoms with Gasteiger partial charge in [-0.3, -0.25) is 0 Å². The Morgan fingerprint density at radius 3 is 2.47 bits per heavy atom. The van der Waals surface area contributed by atoms with Crippen LogP contribution < -0.4 is 5.73 Å². The summed E-state index contributed by atoms with van der Waals surface area (Å²) >= 11 is 0. The summed E-state index contributed by atoms with van der Waals surface area (Å²) in [5.74, 6) is 6.06. The number of nitrogens with two attached hydrogens (primary N) is 1. The van der Waals surface area contributed by atoms with E-state index in [2.05, 4.69) is 52.6 Å². The highest BCUT2D eigenvalue weighted by atomic mass is 15.2. The summed E-state index contributed by atoms with van der Waals surface area (Å²) in [6, 6.07) is 1.26. The molecule has 0 aromatic rings. The van der Waals surface area contributed by atoms with Gasteiger partial charge in [0.2, 0.25) is 0 Å². The molecule has 2 N–H and O–H groups in total. The van der Waals surface area contributed by atoms with Crippen molar-refractivity contribution in [2.75, 3.05) is 13.6 Å². The molecular formula is C30H52N2. The second-order valence-corrected chi connectivity index (χ2v) is 14.0. The van der Waals surface area contributed by atoms with Crippen molar-refractivity contribution in [1.82, 2.24) is 4.90 Å². The number of hydrogen-bond donors (Lipinski definition) is 1. The Balaban J connectivity index is 1.34. The molecule has 182 valence electrons. The lowest BCUT2D eigenvalue weighted by Gasteiger charge is -2.58. The summed E-state index contributed by atoms with van der Waals surface area (Å²) in [6.45, 7) is 14.2. The van der Waals surface area contributed by atoms with Crippen LogP contribution in [0.4, 0.5) is 0 Å². The zero-order valence-electron chi connectivity index (χ0n) is 22.1. The van der Waals surface area contributed by atoms with Gasteiger partial charge in [-0.1, -0.05) is 46.3 Å². The van der Waals surface area contributed by atoms with Gasteiger partial charge in [0, 0.05) is 12.1 Å². The normalized spacial score (nSPS) is 50.0. The third kappa shape index (κ3) is 3.57. The predicted octanol–water partition coefficient (Wildman–Crippen LogP) is 6.90. The average Bonchev–Trinajstić information content (AvgIpc) is 3.28. The Morgan fingerprint density at radius 2 is 1.72 bits per heavy atom. The molecule has 2 heteroatoms. The minimum atomic E-state index is 0.456. The Bertz CT molecular complexity index is 726. The fourth-order valence-corrected chi connectivity index (χ4v) is 10.2. The molecule has 2 nitrogen and oxygen atoms in total. The molecule has 0 aromatic carbocycles. The van der Waals surface area contributed by atoms with Gasteiger partial charge in [0.15, 0.2) is 0 Å². The minimum Gasteiger partial charge on any atom is -0.328 e. The fourth-order valence-electron chi connectivity index (χ4n) is 10.2. The molecule has 0 bridgehead atoms. The minimum absolute atomic E-state index is 0.456. The molecular weight excluding hydrogens is 388 g/mol. The zero-order valence-corrected chi connectivity index (χ0v) is 22.1. The second-order valence-electron chi connectivity index (χ2n) is 14.0. The van der Waals surface area contributed by atoms with Gasteiger partial charge in [0.25, 0.3) is 0 Å². The Hall–Kier alpha value is -0.340. The van der Waals surface area contributed by atoms with E-state index in [0.29, 0.717) is 16.9 Å². The summed E-state index contributed by atoms with van der Waals surface area (Å²) in [5, 5.41) is 0. The van der Waals surface area contributed by atoms with Crippen LogP contribution in [0.25, 0.3) is 0 Å². The van der Waals surface area contributed by atoms with Gasteiger partial charge in [0.05, 0.1) is 0 Å². The van der Waals surface area contributed by atoms with Gasteiger partial charge in [-0.25, -0.2) is 0 Å². The van der Waals surface area contributed by atoms with E-state index in [1.165, 1.54) is 70.8 Å². The molecule has 5 aliphatic rings. The highest BCUT2D eigenvalue weighted by molar-refractivity contribution is 5.28. The SMILES string of the molecule is CC(C)C1CCN(C)C1CC(C)C1CCC2C3=CCC4CC(N)CCC4(C)C3CCC21C. The number of likely N-dealkylation sites (tertiary alicyclic amines) is 1. The Morgan fingerprint density at radius 1 is 1.00 bits per heavy atom. The first kappa shape index (κ1) is 23.4. The number of allylic oxidation sites excluding steroid dienone is 2. The summed E-state index contributed by atoms with van der Waals surface area (Å²) in [6.07, 6.45) is 16.6. The van der Waals surface area contributed by atoms with E-state index in [1.54, 1.807) is 0 Å². The lowest BCUT2D eigenvalue weighted by atomic mass is 9.47. The number of rotatable bonds is 4. The van der Waals surface area contributed by atoms with Crippen LogP contribution in [0.2, 0.25) is 0 Å². The molecule has 0 amide bonds. The molecule has 4 aliphatic carbocycles. The molecule has 5 rings (SSSR count). The molecule has 4 fully saturated rings. The van der Waals surface area contributed by atoms with Crippen molar-refractivity contribution in [3.05, 3.63) is 11.6 Å². The average molecular weight is 441 g/mol. The third-order valence-corrected chi connectivity index (χ3v) is 12.2. The molecule has 10 atom stereocenters. The molecule has 0 spiro atoms. The Labute approximate surface area is 199 Å². The van der Waals surface area contributed by atoms with Gasteiger partial charge in [-0.2, -0.15) is 0 Å². The van der Waals surface area contributed by atoms with E-state index in [1.807, 2.05) is 5.57 Å². The van der Waals surface area contributed by atoms with Crippen LogP contribution in [-0.4, -0.2) is 30.6 Å². The van der Waals surface area contributed by atoms with Crippen molar-refractivity contribution in [2.24, 2.45) is 58.0 Å². The molecule has 10 unspecified atom stereocenters. The molecule has 32 heavy (non-hydrogen) atoms. The van der Waals surface area contributed by atoms with Crippen LogP contribution in [0.15, 0.2) is 11.6 Å².